The van der Waals surface area contributed by atoms with Gasteiger partial charge in [0.1, 0.15) is 5.60 Å². The van der Waals surface area contributed by atoms with Crippen LogP contribution in [-0.2, 0) is 19.1 Å². The minimum atomic E-state index is -1.04. The second-order valence-corrected chi connectivity index (χ2v) is 5.07. The van der Waals surface area contributed by atoms with Gasteiger partial charge < -0.3 is 9.47 Å². The number of carbonyl (C=O) groups is 2. The quantitative estimate of drug-likeness (QED) is 0.516. The molecule has 2 atom stereocenters. The zero-order valence-corrected chi connectivity index (χ0v) is 9.92. The molecule has 1 fully saturated rings. The number of carbonyl (C=O) groups excluding carboxylic acids is 2. The Balaban J connectivity index is 2.77. The van der Waals surface area contributed by atoms with Crippen molar-refractivity contribution in [2.24, 2.45) is 11.3 Å². The van der Waals surface area contributed by atoms with E-state index in [0.29, 0.717) is 6.42 Å². The van der Waals surface area contributed by atoms with Crippen LogP contribution in [0.4, 0.5) is 0 Å². The lowest BCUT2D eigenvalue weighted by Gasteiger charge is -2.23. The molecule has 4 nitrogen and oxygen atoms in total. The summed E-state index contributed by atoms with van der Waals surface area (Å²) in [6.07, 6.45) is 0.522. The fraction of sp³-hybridized carbons (Fsp3) is 0.818. The SMILES string of the molecule is COC(=O)C1(C(=O)OC(C)(C)C)CC1C. The first-order valence-electron chi connectivity index (χ1n) is 5.06. The summed E-state index contributed by atoms with van der Waals surface area (Å²) in [6.45, 7) is 7.19. The number of ether oxygens (including phenoxy) is 2. The summed E-state index contributed by atoms with van der Waals surface area (Å²) in [4.78, 5) is 23.3. The molecule has 0 aromatic heterocycles. The smallest absolute Gasteiger partial charge is 0.324 e. The van der Waals surface area contributed by atoms with E-state index in [1.54, 1.807) is 20.8 Å². The van der Waals surface area contributed by atoms with Gasteiger partial charge in [-0.25, -0.2) is 0 Å². The van der Waals surface area contributed by atoms with E-state index in [-0.39, 0.29) is 5.92 Å². The molecule has 1 aliphatic rings. The van der Waals surface area contributed by atoms with Crippen LogP contribution in [0.5, 0.6) is 0 Å². The lowest BCUT2D eigenvalue weighted by Crippen LogP contribution is -2.36. The van der Waals surface area contributed by atoms with Crippen molar-refractivity contribution in [3.63, 3.8) is 0 Å². The highest BCUT2D eigenvalue weighted by atomic mass is 16.6. The Bertz CT molecular complexity index is 289. The first-order chi connectivity index (χ1) is 6.74. The molecule has 0 N–H and O–H groups in total. The molecule has 0 spiro atoms. The van der Waals surface area contributed by atoms with Gasteiger partial charge in [0.05, 0.1) is 7.11 Å². The fourth-order valence-corrected chi connectivity index (χ4v) is 1.63. The molecule has 0 amide bonds. The predicted octanol–water partition coefficient (Wildman–Crippen LogP) is 1.53. The molecule has 1 rings (SSSR count). The topological polar surface area (TPSA) is 52.6 Å². The number of hydrogen-bond donors (Lipinski definition) is 0. The van der Waals surface area contributed by atoms with Gasteiger partial charge in [-0.15, -0.1) is 0 Å². The average molecular weight is 214 g/mol. The van der Waals surface area contributed by atoms with Crippen molar-refractivity contribution < 1.29 is 19.1 Å². The first kappa shape index (κ1) is 12.0. The molecule has 0 radical (unpaired) electrons. The third kappa shape index (κ3) is 2.13. The second kappa shape index (κ2) is 3.51. The standard InChI is InChI=1S/C11H18O4/c1-7-6-11(7,8(12)14-5)9(13)15-10(2,3)4/h7H,6H2,1-5H3. The summed E-state index contributed by atoms with van der Waals surface area (Å²) in [5, 5.41) is 0. The molecule has 0 saturated heterocycles. The maximum atomic E-state index is 11.8. The highest BCUT2D eigenvalue weighted by Crippen LogP contribution is 2.54. The molecule has 2 unspecified atom stereocenters. The van der Waals surface area contributed by atoms with Gasteiger partial charge >= 0.3 is 11.9 Å². The minimum absolute atomic E-state index is 0.0137. The van der Waals surface area contributed by atoms with Gasteiger partial charge in [-0.05, 0) is 33.1 Å². The van der Waals surface area contributed by atoms with E-state index in [1.807, 2.05) is 6.92 Å². The van der Waals surface area contributed by atoms with Gasteiger partial charge in [-0.2, -0.15) is 0 Å². The summed E-state index contributed by atoms with van der Waals surface area (Å²) in [6, 6.07) is 0. The lowest BCUT2D eigenvalue weighted by molar-refractivity contribution is -0.171. The van der Waals surface area contributed by atoms with E-state index in [2.05, 4.69) is 4.74 Å². The Hall–Kier alpha value is -1.06. The Kier molecular flexibility index (Phi) is 2.81. The van der Waals surface area contributed by atoms with Crippen LogP contribution in [-0.4, -0.2) is 24.6 Å². The zero-order valence-electron chi connectivity index (χ0n) is 9.92. The highest BCUT2D eigenvalue weighted by Gasteiger charge is 2.66. The molecule has 0 aromatic rings. The van der Waals surface area contributed by atoms with Crippen molar-refractivity contribution in [3.05, 3.63) is 0 Å². The maximum absolute atomic E-state index is 11.8. The number of rotatable bonds is 2. The minimum Gasteiger partial charge on any atom is -0.468 e. The van der Waals surface area contributed by atoms with Crippen LogP contribution in [0.25, 0.3) is 0 Å². The van der Waals surface area contributed by atoms with Crippen LogP contribution in [0.15, 0.2) is 0 Å². The Morgan fingerprint density at radius 1 is 1.27 bits per heavy atom. The third-order valence-electron chi connectivity index (χ3n) is 2.62. The summed E-state index contributed by atoms with van der Waals surface area (Å²) < 4.78 is 9.86. The van der Waals surface area contributed by atoms with Crippen LogP contribution in [0, 0.1) is 11.3 Å². The van der Waals surface area contributed by atoms with Crippen LogP contribution in [0.3, 0.4) is 0 Å². The van der Waals surface area contributed by atoms with Crippen molar-refractivity contribution in [1.29, 1.82) is 0 Å². The molecule has 1 saturated carbocycles. The Labute approximate surface area is 89.9 Å². The Morgan fingerprint density at radius 2 is 1.73 bits per heavy atom. The third-order valence-corrected chi connectivity index (χ3v) is 2.62. The van der Waals surface area contributed by atoms with Crippen LogP contribution in [0.2, 0.25) is 0 Å². The highest BCUT2D eigenvalue weighted by molar-refractivity contribution is 6.03. The van der Waals surface area contributed by atoms with Gasteiger partial charge in [0.15, 0.2) is 5.41 Å². The number of methoxy groups -OCH3 is 1. The van der Waals surface area contributed by atoms with Gasteiger partial charge in [0.2, 0.25) is 0 Å². The zero-order chi connectivity index (χ0) is 11.9. The van der Waals surface area contributed by atoms with Crippen LogP contribution >= 0.6 is 0 Å². The molecule has 1 aliphatic carbocycles. The van der Waals surface area contributed by atoms with Crippen molar-refractivity contribution in [1.82, 2.24) is 0 Å². The Morgan fingerprint density at radius 3 is 2.00 bits per heavy atom. The van der Waals surface area contributed by atoms with Gasteiger partial charge in [0, 0.05) is 0 Å². The van der Waals surface area contributed by atoms with Crippen molar-refractivity contribution in [2.75, 3.05) is 7.11 Å². The molecule has 0 aliphatic heterocycles. The molecule has 86 valence electrons. The molecular formula is C11H18O4. The van der Waals surface area contributed by atoms with Gasteiger partial charge in [0.25, 0.3) is 0 Å². The maximum Gasteiger partial charge on any atom is 0.324 e. The molecule has 0 heterocycles. The number of esters is 2. The van der Waals surface area contributed by atoms with Crippen LogP contribution in [0.1, 0.15) is 34.1 Å². The summed E-state index contributed by atoms with van der Waals surface area (Å²) in [7, 11) is 1.29. The van der Waals surface area contributed by atoms with E-state index in [9.17, 15) is 9.59 Å². The van der Waals surface area contributed by atoms with Gasteiger partial charge in [-0.1, -0.05) is 6.92 Å². The normalized spacial score (nSPS) is 29.5. The summed E-state index contributed by atoms with van der Waals surface area (Å²) >= 11 is 0. The fourth-order valence-electron chi connectivity index (χ4n) is 1.63. The van der Waals surface area contributed by atoms with Crippen molar-refractivity contribution in [2.45, 2.75) is 39.7 Å². The molecule has 4 heteroatoms. The van der Waals surface area contributed by atoms with E-state index in [0.717, 1.165) is 0 Å². The summed E-state index contributed by atoms with van der Waals surface area (Å²) in [5.41, 5.74) is -1.61. The monoisotopic (exact) mass is 214 g/mol. The number of hydrogen-bond acceptors (Lipinski definition) is 4. The largest absolute Gasteiger partial charge is 0.468 e. The second-order valence-electron chi connectivity index (χ2n) is 5.07. The van der Waals surface area contributed by atoms with E-state index in [4.69, 9.17) is 4.74 Å². The molecule has 0 bridgehead atoms. The van der Waals surface area contributed by atoms with Crippen LogP contribution < -0.4 is 0 Å². The van der Waals surface area contributed by atoms with E-state index in [1.165, 1.54) is 7.11 Å². The molecule has 15 heavy (non-hydrogen) atoms. The molecule has 0 aromatic carbocycles. The van der Waals surface area contributed by atoms with E-state index < -0.39 is 23.0 Å². The lowest BCUT2D eigenvalue weighted by atomic mass is 10.0. The molecular weight excluding hydrogens is 196 g/mol. The average Bonchev–Trinajstić information content (AvgIpc) is 2.74. The van der Waals surface area contributed by atoms with E-state index >= 15 is 0 Å². The predicted molar refractivity (Wildman–Crippen MR) is 54.1 cm³/mol. The van der Waals surface area contributed by atoms with Crippen molar-refractivity contribution >= 4 is 11.9 Å². The summed E-state index contributed by atoms with van der Waals surface area (Å²) in [5.74, 6) is -0.932. The van der Waals surface area contributed by atoms with Gasteiger partial charge in [-0.3, -0.25) is 9.59 Å². The first-order valence-corrected chi connectivity index (χ1v) is 5.06. The van der Waals surface area contributed by atoms with Crippen molar-refractivity contribution in [3.8, 4) is 0 Å².